The van der Waals surface area contributed by atoms with Crippen LogP contribution in [0, 0.1) is 5.92 Å². The van der Waals surface area contributed by atoms with Gasteiger partial charge in [0.1, 0.15) is 5.69 Å². The number of carbonyl (C=O) groups excluding carboxylic acids is 1. The summed E-state index contributed by atoms with van der Waals surface area (Å²) in [6, 6.07) is 7.84. The highest BCUT2D eigenvalue weighted by Gasteiger charge is 2.37. The molecule has 1 aliphatic heterocycles. The second-order valence-corrected chi connectivity index (χ2v) is 7.77. The van der Waals surface area contributed by atoms with Gasteiger partial charge in [-0.05, 0) is 44.0 Å². The van der Waals surface area contributed by atoms with Gasteiger partial charge < -0.3 is 20.1 Å². The highest BCUT2D eigenvalue weighted by Crippen LogP contribution is 2.33. The number of hydrogen-bond donors (Lipinski definition) is 2. The standard InChI is InChI=1S/C22H27N5O2/c1-23-9-4-6-21(28)26-14-18(15-26)27(13-16-7-8-16)20-11-17(12-25-22(20)29)19-5-2-3-10-24-19/h2-6,10-12,16,18,23H,7-9,13-15H2,1H3,(H,25,29). The third-order valence-corrected chi connectivity index (χ3v) is 5.50. The van der Waals surface area contributed by atoms with Crippen LogP contribution in [0.4, 0.5) is 5.69 Å². The molecule has 0 radical (unpaired) electrons. The summed E-state index contributed by atoms with van der Waals surface area (Å²) < 4.78 is 0. The van der Waals surface area contributed by atoms with Crippen LogP contribution < -0.4 is 15.8 Å². The SMILES string of the molecule is CNCC=CC(=O)N1CC(N(CC2CC2)c2cc(-c3ccccn3)c[nH]c2=O)C1. The van der Waals surface area contributed by atoms with E-state index in [1.165, 1.54) is 12.8 Å². The molecule has 7 nitrogen and oxygen atoms in total. The fourth-order valence-corrected chi connectivity index (χ4v) is 3.60. The first-order valence-electron chi connectivity index (χ1n) is 10.2. The van der Waals surface area contributed by atoms with E-state index in [2.05, 4.69) is 20.2 Å². The predicted octanol–water partition coefficient (Wildman–Crippen LogP) is 1.64. The average Bonchev–Trinajstić information content (AvgIpc) is 3.52. The number of pyridine rings is 2. The van der Waals surface area contributed by atoms with Crippen LogP contribution in [0.25, 0.3) is 11.3 Å². The van der Waals surface area contributed by atoms with Crippen molar-refractivity contribution in [1.82, 2.24) is 20.2 Å². The van der Waals surface area contributed by atoms with Gasteiger partial charge in [0.25, 0.3) is 5.56 Å². The van der Waals surface area contributed by atoms with Gasteiger partial charge in [-0.25, -0.2) is 0 Å². The molecule has 2 aromatic heterocycles. The van der Waals surface area contributed by atoms with Crippen molar-refractivity contribution >= 4 is 11.6 Å². The zero-order valence-electron chi connectivity index (χ0n) is 16.7. The molecule has 0 bridgehead atoms. The number of carbonyl (C=O) groups is 1. The van der Waals surface area contributed by atoms with Crippen molar-refractivity contribution in [2.75, 3.05) is 38.1 Å². The van der Waals surface area contributed by atoms with E-state index in [0.29, 0.717) is 31.2 Å². The Labute approximate surface area is 170 Å². The maximum Gasteiger partial charge on any atom is 0.271 e. The molecule has 1 saturated carbocycles. The topological polar surface area (TPSA) is 81.3 Å². The molecule has 1 amide bonds. The second kappa shape index (κ2) is 8.61. The fraction of sp³-hybridized carbons (Fsp3) is 0.409. The number of nitrogens with one attached hydrogen (secondary N) is 2. The van der Waals surface area contributed by atoms with Crippen molar-refractivity contribution in [2.24, 2.45) is 5.92 Å². The van der Waals surface area contributed by atoms with Crippen LogP contribution in [-0.2, 0) is 4.79 Å². The number of nitrogens with zero attached hydrogens (tertiary/aromatic N) is 3. The van der Waals surface area contributed by atoms with Gasteiger partial charge in [-0.15, -0.1) is 0 Å². The molecule has 152 valence electrons. The van der Waals surface area contributed by atoms with Crippen LogP contribution in [0.2, 0.25) is 0 Å². The van der Waals surface area contributed by atoms with E-state index in [-0.39, 0.29) is 17.5 Å². The molecular formula is C22H27N5O2. The molecular weight excluding hydrogens is 366 g/mol. The summed E-state index contributed by atoms with van der Waals surface area (Å²) in [4.78, 5) is 36.2. The van der Waals surface area contributed by atoms with Gasteiger partial charge in [0, 0.05) is 50.2 Å². The highest BCUT2D eigenvalue weighted by molar-refractivity contribution is 5.88. The summed E-state index contributed by atoms with van der Waals surface area (Å²) in [5.74, 6) is 0.659. The monoisotopic (exact) mass is 393 g/mol. The molecule has 1 saturated heterocycles. The lowest BCUT2D eigenvalue weighted by Gasteiger charge is -2.46. The molecule has 4 rings (SSSR count). The smallest absolute Gasteiger partial charge is 0.271 e. The van der Waals surface area contributed by atoms with E-state index < -0.39 is 0 Å². The highest BCUT2D eigenvalue weighted by atomic mass is 16.2. The van der Waals surface area contributed by atoms with Crippen molar-refractivity contribution in [2.45, 2.75) is 18.9 Å². The van der Waals surface area contributed by atoms with Crippen LogP contribution in [0.3, 0.4) is 0 Å². The van der Waals surface area contributed by atoms with Crippen LogP contribution in [-0.4, -0.2) is 60.0 Å². The summed E-state index contributed by atoms with van der Waals surface area (Å²) in [6.45, 7) is 2.81. The minimum Gasteiger partial charge on any atom is -0.360 e. The summed E-state index contributed by atoms with van der Waals surface area (Å²) in [7, 11) is 1.85. The molecule has 2 aromatic rings. The molecule has 1 aliphatic carbocycles. The average molecular weight is 393 g/mol. The number of rotatable bonds is 8. The van der Waals surface area contributed by atoms with Crippen LogP contribution in [0.1, 0.15) is 12.8 Å². The quantitative estimate of drug-likeness (QED) is 0.667. The van der Waals surface area contributed by atoms with Crippen molar-refractivity contribution in [3.05, 3.63) is 59.2 Å². The first-order valence-corrected chi connectivity index (χ1v) is 10.2. The zero-order valence-corrected chi connectivity index (χ0v) is 16.7. The summed E-state index contributed by atoms with van der Waals surface area (Å²) in [5.41, 5.74) is 2.30. The third-order valence-electron chi connectivity index (χ3n) is 5.50. The summed E-state index contributed by atoms with van der Waals surface area (Å²) >= 11 is 0. The normalized spacial score (nSPS) is 16.8. The number of amides is 1. The van der Waals surface area contributed by atoms with Gasteiger partial charge in [-0.2, -0.15) is 0 Å². The van der Waals surface area contributed by atoms with Gasteiger partial charge in [0.05, 0.1) is 11.7 Å². The largest absolute Gasteiger partial charge is 0.360 e. The van der Waals surface area contributed by atoms with Gasteiger partial charge in [0.15, 0.2) is 0 Å². The molecule has 0 unspecified atom stereocenters. The summed E-state index contributed by atoms with van der Waals surface area (Å²) in [5, 5.41) is 2.99. The molecule has 2 fully saturated rings. The lowest BCUT2D eigenvalue weighted by molar-refractivity contribution is -0.130. The minimum absolute atomic E-state index is 0.0269. The lowest BCUT2D eigenvalue weighted by atomic mass is 10.0. The van der Waals surface area contributed by atoms with Crippen LogP contribution in [0.5, 0.6) is 0 Å². The third kappa shape index (κ3) is 4.56. The predicted molar refractivity (Wildman–Crippen MR) is 114 cm³/mol. The van der Waals surface area contributed by atoms with E-state index in [1.807, 2.05) is 42.3 Å². The molecule has 0 atom stereocenters. The Bertz CT molecular complexity index is 930. The molecule has 3 heterocycles. The Morgan fingerprint density at radius 3 is 2.90 bits per heavy atom. The Morgan fingerprint density at radius 1 is 1.38 bits per heavy atom. The van der Waals surface area contributed by atoms with Crippen molar-refractivity contribution in [3.8, 4) is 11.3 Å². The minimum atomic E-state index is -0.0935. The molecule has 0 spiro atoms. The van der Waals surface area contributed by atoms with E-state index in [4.69, 9.17) is 0 Å². The molecule has 2 N–H and O–H groups in total. The number of hydrogen-bond acceptors (Lipinski definition) is 5. The molecule has 7 heteroatoms. The number of likely N-dealkylation sites (N-methyl/N-ethyl adjacent to an activating group) is 1. The Hall–Kier alpha value is -2.93. The van der Waals surface area contributed by atoms with Gasteiger partial charge >= 0.3 is 0 Å². The number of anilines is 1. The van der Waals surface area contributed by atoms with E-state index in [0.717, 1.165) is 17.8 Å². The van der Waals surface area contributed by atoms with Crippen molar-refractivity contribution < 1.29 is 4.79 Å². The van der Waals surface area contributed by atoms with E-state index in [9.17, 15) is 9.59 Å². The number of aromatic amines is 1. The van der Waals surface area contributed by atoms with Crippen LogP contribution >= 0.6 is 0 Å². The van der Waals surface area contributed by atoms with Crippen LogP contribution in [0.15, 0.2) is 53.6 Å². The molecule has 2 aliphatic rings. The first kappa shape index (κ1) is 19.4. The van der Waals surface area contributed by atoms with Crippen molar-refractivity contribution in [3.63, 3.8) is 0 Å². The van der Waals surface area contributed by atoms with Gasteiger partial charge in [-0.1, -0.05) is 12.1 Å². The van der Waals surface area contributed by atoms with E-state index in [1.54, 1.807) is 18.5 Å². The molecule has 29 heavy (non-hydrogen) atoms. The van der Waals surface area contributed by atoms with E-state index >= 15 is 0 Å². The Kier molecular flexibility index (Phi) is 5.76. The zero-order chi connectivity index (χ0) is 20.2. The maximum atomic E-state index is 12.7. The second-order valence-electron chi connectivity index (χ2n) is 7.77. The Morgan fingerprint density at radius 2 is 2.21 bits per heavy atom. The number of aromatic nitrogens is 2. The Balaban J connectivity index is 1.52. The van der Waals surface area contributed by atoms with Gasteiger partial charge in [-0.3, -0.25) is 14.6 Å². The molecule has 0 aromatic carbocycles. The lowest BCUT2D eigenvalue weighted by Crippen LogP contribution is -2.62. The number of H-pyrrole nitrogens is 1. The fourth-order valence-electron chi connectivity index (χ4n) is 3.60. The maximum absolute atomic E-state index is 12.7. The summed E-state index contributed by atoms with van der Waals surface area (Å²) in [6.07, 6.45) is 9.32. The van der Waals surface area contributed by atoms with Gasteiger partial charge in [0.2, 0.25) is 5.91 Å². The number of likely N-dealkylation sites (tertiary alicyclic amines) is 1. The first-order chi connectivity index (χ1) is 14.2. The van der Waals surface area contributed by atoms with Crippen molar-refractivity contribution in [1.29, 1.82) is 0 Å².